The second-order valence-electron chi connectivity index (χ2n) is 5.48. The number of ether oxygens (including phenoxy) is 1. The van der Waals surface area contributed by atoms with Gasteiger partial charge < -0.3 is 9.64 Å². The highest BCUT2D eigenvalue weighted by Crippen LogP contribution is 2.30. The zero-order chi connectivity index (χ0) is 19.5. The molecule has 0 heterocycles. The molecule has 2 aromatic rings. The number of carbonyl (C=O) groups excluding carboxylic acids is 1. The number of carbonyl (C=O) groups is 1. The first-order valence-corrected chi connectivity index (χ1v) is 8.81. The fourth-order valence-corrected chi connectivity index (χ4v) is 3.24. The van der Waals surface area contributed by atoms with E-state index in [4.69, 9.17) is 4.74 Å². The van der Waals surface area contributed by atoms with Gasteiger partial charge in [-0.3, -0.25) is 19.6 Å². The molecular formula is C16H17N3O6S. The van der Waals surface area contributed by atoms with Crippen LogP contribution in [0.5, 0.6) is 5.75 Å². The van der Waals surface area contributed by atoms with Crippen molar-refractivity contribution in [1.82, 2.24) is 4.90 Å². The summed E-state index contributed by atoms with van der Waals surface area (Å²) in [6.45, 7) is 0. The number of hydrogen-bond donors (Lipinski definition) is 1. The van der Waals surface area contributed by atoms with Crippen molar-refractivity contribution in [2.24, 2.45) is 0 Å². The molecule has 26 heavy (non-hydrogen) atoms. The molecule has 138 valence electrons. The lowest BCUT2D eigenvalue weighted by Gasteiger charge is -2.12. The van der Waals surface area contributed by atoms with E-state index in [0.29, 0.717) is 5.56 Å². The van der Waals surface area contributed by atoms with E-state index < -0.39 is 20.6 Å². The van der Waals surface area contributed by atoms with Crippen LogP contribution in [0.4, 0.5) is 11.4 Å². The maximum absolute atomic E-state index is 12.5. The third-order valence-electron chi connectivity index (χ3n) is 3.43. The normalized spacial score (nSPS) is 10.9. The average Bonchev–Trinajstić information content (AvgIpc) is 2.60. The van der Waals surface area contributed by atoms with Gasteiger partial charge in [0.15, 0.2) is 5.75 Å². The van der Waals surface area contributed by atoms with Gasteiger partial charge in [-0.25, -0.2) is 8.42 Å². The Balaban J connectivity index is 2.38. The molecule has 0 saturated carbocycles. The van der Waals surface area contributed by atoms with Gasteiger partial charge in [-0.15, -0.1) is 0 Å². The van der Waals surface area contributed by atoms with Crippen LogP contribution in [0, 0.1) is 10.1 Å². The summed E-state index contributed by atoms with van der Waals surface area (Å²) in [6.07, 6.45) is 0. The Kier molecular flexibility index (Phi) is 5.46. The Bertz CT molecular complexity index is 956. The van der Waals surface area contributed by atoms with Crippen molar-refractivity contribution in [3.63, 3.8) is 0 Å². The molecule has 0 bridgehead atoms. The number of anilines is 1. The van der Waals surface area contributed by atoms with E-state index in [0.717, 1.165) is 6.07 Å². The van der Waals surface area contributed by atoms with Crippen molar-refractivity contribution in [2.45, 2.75) is 4.90 Å². The molecule has 2 aromatic carbocycles. The Morgan fingerprint density at radius 1 is 1.19 bits per heavy atom. The minimum Gasteiger partial charge on any atom is -0.490 e. The molecule has 0 aliphatic carbocycles. The number of nitrogens with one attached hydrogen (secondary N) is 1. The zero-order valence-corrected chi connectivity index (χ0v) is 15.1. The first-order chi connectivity index (χ1) is 12.2. The third kappa shape index (κ3) is 4.09. The molecule has 2 rings (SSSR count). The average molecular weight is 379 g/mol. The minimum absolute atomic E-state index is 0.0486. The lowest BCUT2D eigenvalue weighted by atomic mass is 10.2. The van der Waals surface area contributed by atoms with E-state index in [1.54, 1.807) is 20.2 Å². The van der Waals surface area contributed by atoms with Gasteiger partial charge in [-0.1, -0.05) is 6.07 Å². The molecule has 0 aliphatic heterocycles. The number of benzene rings is 2. The second kappa shape index (κ2) is 7.40. The predicted molar refractivity (Wildman–Crippen MR) is 94.9 cm³/mol. The fraction of sp³-hybridized carbons (Fsp3) is 0.188. The van der Waals surface area contributed by atoms with Crippen LogP contribution in [0.2, 0.25) is 0 Å². The number of nitrogens with zero attached hydrogens (tertiary/aromatic N) is 2. The molecule has 0 unspecified atom stereocenters. The number of nitro benzene ring substituents is 1. The Labute approximate surface area is 150 Å². The van der Waals surface area contributed by atoms with Crippen molar-refractivity contribution in [1.29, 1.82) is 0 Å². The Hall–Kier alpha value is -3.14. The second-order valence-corrected chi connectivity index (χ2v) is 7.16. The van der Waals surface area contributed by atoms with Crippen molar-refractivity contribution >= 4 is 27.3 Å². The van der Waals surface area contributed by atoms with Gasteiger partial charge in [0.05, 0.1) is 16.9 Å². The number of nitro groups is 1. The number of sulfonamides is 1. The molecule has 1 N–H and O–H groups in total. The number of methoxy groups -OCH3 is 1. The maximum Gasteiger partial charge on any atom is 0.312 e. The summed E-state index contributed by atoms with van der Waals surface area (Å²) >= 11 is 0. The van der Waals surface area contributed by atoms with E-state index in [9.17, 15) is 23.3 Å². The van der Waals surface area contributed by atoms with Crippen LogP contribution in [0.1, 0.15) is 10.4 Å². The Morgan fingerprint density at radius 3 is 2.46 bits per heavy atom. The van der Waals surface area contributed by atoms with Crippen LogP contribution in [-0.2, 0) is 10.0 Å². The number of rotatable bonds is 6. The molecule has 0 saturated heterocycles. The predicted octanol–water partition coefficient (Wildman–Crippen LogP) is 2.11. The first kappa shape index (κ1) is 19.2. The van der Waals surface area contributed by atoms with E-state index in [1.807, 2.05) is 0 Å². The van der Waals surface area contributed by atoms with Gasteiger partial charge in [-0.05, 0) is 30.3 Å². The van der Waals surface area contributed by atoms with E-state index >= 15 is 0 Å². The quantitative estimate of drug-likeness (QED) is 0.606. The van der Waals surface area contributed by atoms with Crippen LogP contribution in [0.3, 0.4) is 0 Å². The largest absolute Gasteiger partial charge is 0.490 e. The molecule has 10 heteroatoms. The van der Waals surface area contributed by atoms with E-state index in [2.05, 4.69) is 4.72 Å². The third-order valence-corrected chi connectivity index (χ3v) is 4.80. The van der Waals surface area contributed by atoms with Crippen LogP contribution in [-0.4, -0.2) is 45.4 Å². The number of hydrogen-bond acceptors (Lipinski definition) is 6. The molecule has 1 amide bonds. The molecular weight excluding hydrogens is 362 g/mol. The van der Waals surface area contributed by atoms with Crippen molar-refractivity contribution in [3.8, 4) is 5.75 Å². The van der Waals surface area contributed by atoms with Gasteiger partial charge in [0.25, 0.3) is 15.9 Å². The van der Waals surface area contributed by atoms with Gasteiger partial charge in [0.1, 0.15) is 0 Å². The van der Waals surface area contributed by atoms with Crippen LogP contribution in [0.15, 0.2) is 47.4 Å². The molecule has 0 fully saturated rings. The summed E-state index contributed by atoms with van der Waals surface area (Å²) in [5, 5.41) is 11.1. The van der Waals surface area contributed by atoms with Crippen LogP contribution < -0.4 is 9.46 Å². The smallest absolute Gasteiger partial charge is 0.312 e. The Morgan fingerprint density at radius 2 is 1.88 bits per heavy atom. The van der Waals surface area contributed by atoms with Gasteiger partial charge in [0.2, 0.25) is 0 Å². The summed E-state index contributed by atoms with van der Waals surface area (Å²) in [5.41, 5.74) is -0.000932. The zero-order valence-electron chi connectivity index (χ0n) is 14.3. The van der Waals surface area contributed by atoms with E-state index in [-0.39, 0.29) is 22.2 Å². The van der Waals surface area contributed by atoms with Crippen molar-refractivity contribution in [2.75, 3.05) is 25.9 Å². The van der Waals surface area contributed by atoms with E-state index in [1.165, 1.54) is 42.3 Å². The highest BCUT2D eigenvalue weighted by molar-refractivity contribution is 7.92. The molecule has 0 spiro atoms. The van der Waals surface area contributed by atoms with Gasteiger partial charge in [-0.2, -0.15) is 0 Å². The SMILES string of the molecule is COc1ccc(S(=O)(=O)Nc2cccc(C(=O)N(C)C)c2)cc1[N+](=O)[O-]. The summed E-state index contributed by atoms with van der Waals surface area (Å²) < 4.78 is 32.2. The molecule has 0 atom stereocenters. The summed E-state index contributed by atoms with van der Waals surface area (Å²) in [6, 6.07) is 9.26. The highest BCUT2D eigenvalue weighted by Gasteiger charge is 2.22. The van der Waals surface area contributed by atoms with Gasteiger partial charge in [0, 0.05) is 31.4 Å². The minimum atomic E-state index is -4.09. The number of amides is 1. The molecule has 0 aromatic heterocycles. The fourth-order valence-electron chi connectivity index (χ4n) is 2.17. The highest BCUT2D eigenvalue weighted by atomic mass is 32.2. The van der Waals surface area contributed by atoms with Crippen LogP contribution in [0.25, 0.3) is 0 Å². The lowest BCUT2D eigenvalue weighted by molar-refractivity contribution is -0.386. The van der Waals surface area contributed by atoms with Crippen molar-refractivity contribution < 1.29 is 22.9 Å². The molecule has 0 radical (unpaired) electrons. The molecule has 9 nitrogen and oxygen atoms in total. The topological polar surface area (TPSA) is 119 Å². The van der Waals surface area contributed by atoms with Crippen molar-refractivity contribution in [3.05, 3.63) is 58.1 Å². The summed E-state index contributed by atoms with van der Waals surface area (Å²) in [4.78, 5) is 23.4. The van der Waals surface area contributed by atoms with Gasteiger partial charge >= 0.3 is 5.69 Å². The first-order valence-electron chi connectivity index (χ1n) is 7.32. The standard InChI is InChI=1S/C16H17N3O6S/c1-18(2)16(20)11-5-4-6-12(9-11)17-26(23,24)13-7-8-15(25-3)14(10-13)19(21)22/h4-10,17H,1-3H3. The maximum atomic E-state index is 12.5. The summed E-state index contributed by atoms with van der Waals surface area (Å²) in [5.74, 6) is -0.335. The lowest BCUT2D eigenvalue weighted by Crippen LogP contribution is -2.22. The van der Waals surface area contributed by atoms with Crippen LogP contribution >= 0.6 is 0 Å². The molecule has 0 aliphatic rings. The monoisotopic (exact) mass is 379 g/mol. The summed E-state index contributed by atoms with van der Waals surface area (Å²) in [7, 11) is 0.318.